The predicted octanol–water partition coefficient (Wildman–Crippen LogP) is 3.26. The highest BCUT2D eigenvalue weighted by Crippen LogP contribution is 2.30. The number of aromatic nitrogens is 1. The zero-order valence-electron chi connectivity index (χ0n) is 16.2. The fourth-order valence-corrected chi connectivity index (χ4v) is 4.48. The first kappa shape index (κ1) is 18.2. The van der Waals surface area contributed by atoms with E-state index in [0.29, 0.717) is 5.91 Å². The van der Waals surface area contributed by atoms with Crippen LogP contribution in [0.1, 0.15) is 43.2 Å². The number of hydrogen-bond acceptors (Lipinski definition) is 4. The number of benzene rings is 1. The maximum Gasteiger partial charge on any atom is 0.225 e. The van der Waals surface area contributed by atoms with E-state index in [1.54, 1.807) is 0 Å². The number of amides is 1. The van der Waals surface area contributed by atoms with Crippen LogP contribution >= 0.6 is 0 Å². The summed E-state index contributed by atoms with van der Waals surface area (Å²) in [5.41, 5.74) is 3.01. The highest BCUT2D eigenvalue weighted by atomic mass is 16.3. The number of piperidine rings is 2. The first-order chi connectivity index (χ1) is 13.2. The van der Waals surface area contributed by atoms with Crippen LogP contribution in [0.5, 0.6) is 0 Å². The molecule has 0 unspecified atom stereocenters. The fourth-order valence-electron chi connectivity index (χ4n) is 4.48. The smallest absolute Gasteiger partial charge is 0.225 e. The Kier molecular flexibility index (Phi) is 5.30. The molecule has 2 saturated heterocycles. The molecule has 0 spiro atoms. The molecule has 1 amide bonds. The molecule has 0 bridgehead atoms. The monoisotopic (exact) mass is 367 g/mol. The standard InChI is InChI=1S/C22H29N3O2/c1-16-6-5-7-18-14-19(15-26)21(23-20(16)18)24-12-8-17(9-13-24)22(27)25-10-3-2-4-11-25/h5-7,14,17,26H,2-4,8-13,15H2,1H3. The number of aliphatic hydroxyl groups is 1. The van der Waals surface area contributed by atoms with Crippen molar-refractivity contribution in [3.05, 3.63) is 35.4 Å². The van der Waals surface area contributed by atoms with Crippen molar-refractivity contribution in [3.63, 3.8) is 0 Å². The van der Waals surface area contributed by atoms with Gasteiger partial charge in [0.2, 0.25) is 5.91 Å². The van der Waals surface area contributed by atoms with Crippen molar-refractivity contribution in [2.45, 2.75) is 45.6 Å². The summed E-state index contributed by atoms with van der Waals surface area (Å²) in [6.45, 7) is 5.56. The van der Waals surface area contributed by atoms with Crippen LogP contribution in [-0.2, 0) is 11.4 Å². The average molecular weight is 367 g/mol. The fraction of sp³-hybridized carbons (Fsp3) is 0.545. The lowest BCUT2D eigenvalue weighted by atomic mass is 9.94. The molecule has 0 atom stereocenters. The summed E-state index contributed by atoms with van der Waals surface area (Å²) >= 11 is 0. The number of hydrogen-bond donors (Lipinski definition) is 1. The summed E-state index contributed by atoms with van der Waals surface area (Å²) in [5.74, 6) is 1.36. The molecule has 2 fully saturated rings. The van der Waals surface area contributed by atoms with Gasteiger partial charge in [-0.3, -0.25) is 4.79 Å². The SMILES string of the molecule is Cc1cccc2cc(CO)c(N3CCC(C(=O)N4CCCCC4)CC3)nc12. The highest BCUT2D eigenvalue weighted by Gasteiger charge is 2.30. The van der Waals surface area contributed by atoms with Gasteiger partial charge in [0.25, 0.3) is 0 Å². The second-order valence-electron chi connectivity index (χ2n) is 7.92. The normalized spacial score (nSPS) is 18.9. The van der Waals surface area contributed by atoms with Gasteiger partial charge in [-0.2, -0.15) is 0 Å². The Labute approximate surface area is 161 Å². The quantitative estimate of drug-likeness (QED) is 0.905. The number of anilines is 1. The number of pyridine rings is 1. The Morgan fingerprint density at radius 1 is 1.15 bits per heavy atom. The van der Waals surface area contributed by atoms with E-state index in [9.17, 15) is 9.90 Å². The van der Waals surface area contributed by atoms with Gasteiger partial charge in [0.1, 0.15) is 5.82 Å². The molecule has 27 heavy (non-hydrogen) atoms. The lowest BCUT2D eigenvalue weighted by molar-refractivity contribution is -0.137. The van der Waals surface area contributed by atoms with Crippen molar-refractivity contribution in [3.8, 4) is 0 Å². The minimum absolute atomic E-state index is 0.0150. The number of aryl methyl sites for hydroxylation is 1. The first-order valence-electron chi connectivity index (χ1n) is 10.2. The number of rotatable bonds is 3. The summed E-state index contributed by atoms with van der Waals surface area (Å²) in [7, 11) is 0. The Balaban J connectivity index is 1.50. The van der Waals surface area contributed by atoms with Gasteiger partial charge in [-0.05, 0) is 50.7 Å². The van der Waals surface area contributed by atoms with Gasteiger partial charge in [-0.1, -0.05) is 18.2 Å². The molecule has 1 aromatic heterocycles. The van der Waals surface area contributed by atoms with E-state index in [1.165, 1.54) is 6.42 Å². The Hall–Kier alpha value is -2.14. The van der Waals surface area contributed by atoms with Gasteiger partial charge < -0.3 is 14.9 Å². The zero-order valence-corrected chi connectivity index (χ0v) is 16.2. The van der Waals surface area contributed by atoms with Crippen LogP contribution in [0.25, 0.3) is 10.9 Å². The zero-order chi connectivity index (χ0) is 18.8. The molecule has 2 aromatic rings. The molecule has 0 saturated carbocycles. The number of nitrogens with zero attached hydrogens (tertiary/aromatic N) is 3. The topological polar surface area (TPSA) is 56.7 Å². The van der Waals surface area contributed by atoms with Crippen LogP contribution < -0.4 is 4.90 Å². The van der Waals surface area contributed by atoms with E-state index < -0.39 is 0 Å². The Morgan fingerprint density at radius 3 is 2.59 bits per heavy atom. The van der Waals surface area contributed by atoms with Crippen LogP contribution in [-0.4, -0.2) is 47.1 Å². The molecule has 2 aliphatic heterocycles. The summed E-state index contributed by atoms with van der Waals surface area (Å²) in [6.07, 6.45) is 5.27. The summed E-state index contributed by atoms with van der Waals surface area (Å²) in [5, 5.41) is 10.9. The van der Waals surface area contributed by atoms with E-state index >= 15 is 0 Å². The molecule has 0 aliphatic carbocycles. The molecule has 3 heterocycles. The molecule has 0 radical (unpaired) electrons. The largest absolute Gasteiger partial charge is 0.392 e. The van der Waals surface area contributed by atoms with E-state index in [2.05, 4.69) is 28.9 Å². The van der Waals surface area contributed by atoms with Crippen LogP contribution in [0.2, 0.25) is 0 Å². The second-order valence-corrected chi connectivity index (χ2v) is 7.92. The maximum atomic E-state index is 12.8. The lowest BCUT2D eigenvalue weighted by Gasteiger charge is -2.36. The van der Waals surface area contributed by atoms with E-state index in [0.717, 1.165) is 79.7 Å². The molecule has 5 nitrogen and oxygen atoms in total. The minimum Gasteiger partial charge on any atom is -0.392 e. The van der Waals surface area contributed by atoms with Crippen molar-refractivity contribution < 1.29 is 9.90 Å². The molecule has 144 valence electrons. The third-order valence-corrected chi connectivity index (χ3v) is 6.09. The number of fused-ring (bicyclic) bond motifs is 1. The van der Waals surface area contributed by atoms with Gasteiger partial charge in [0, 0.05) is 43.0 Å². The molecule has 1 aromatic carbocycles. The number of para-hydroxylation sites is 1. The summed E-state index contributed by atoms with van der Waals surface area (Å²) in [4.78, 5) is 22.0. The van der Waals surface area contributed by atoms with Crippen LogP contribution in [0, 0.1) is 12.8 Å². The van der Waals surface area contributed by atoms with E-state index in [1.807, 2.05) is 12.1 Å². The number of carbonyl (C=O) groups excluding carboxylic acids is 1. The summed E-state index contributed by atoms with van der Waals surface area (Å²) in [6, 6.07) is 8.19. The maximum absolute atomic E-state index is 12.8. The summed E-state index contributed by atoms with van der Waals surface area (Å²) < 4.78 is 0. The van der Waals surface area contributed by atoms with E-state index in [-0.39, 0.29) is 12.5 Å². The van der Waals surface area contributed by atoms with Crippen LogP contribution in [0.3, 0.4) is 0 Å². The second kappa shape index (κ2) is 7.85. The minimum atomic E-state index is -0.0150. The van der Waals surface area contributed by atoms with Gasteiger partial charge >= 0.3 is 0 Å². The van der Waals surface area contributed by atoms with Crippen molar-refractivity contribution in [2.75, 3.05) is 31.1 Å². The van der Waals surface area contributed by atoms with Gasteiger partial charge in [-0.25, -0.2) is 4.98 Å². The molecule has 1 N–H and O–H groups in total. The van der Waals surface area contributed by atoms with E-state index in [4.69, 9.17) is 4.98 Å². The van der Waals surface area contributed by atoms with Crippen LogP contribution in [0.15, 0.2) is 24.3 Å². The third-order valence-electron chi connectivity index (χ3n) is 6.09. The Morgan fingerprint density at radius 2 is 1.89 bits per heavy atom. The lowest BCUT2D eigenvalue weighted by Crippen LogP contribution is -2.44. The predicted molar refractivity (Wildman–Crippen MR) is 108 cm³/mol. The van der Waals surface area contributed by atoms with Crippen LogP contribution in [0.4, 0.5) is 5.82 Å². The van der Waals surface area contributed by atoms with Crippen molar-refractivity contribution in [1.29, 1.82) is 0 Å². The third kappa shape index (κ3) is 3.65. The molecular formula is C22H29N3O2. The molecule has 2 aliphatic rings. The molecule has 4 rings (SSSR count). The van der Waals surface area contributed by atoms with Gasteiger partial charge in [0.15, 0.2) is 0 Å². The van der Waals surface area contributed by atoms with Gasteiger partial charge in [-0.15, -0.1) is 0 Å². The average Bonchev–Trinajstić information content (AvgIpc) is 2.73. The molecular weight excluding hydrogens is 338 g/mol. The number of likely N-dealkylation sites (tertiary alicyclic amines) is 1. The first-order valence-corrected chi connectivity index (χ1v) is 10.2. The highest BCUT2D eigenvalue weighted by molar-refractivity contribution is 5.85. The number of aliphatic hydroxyl groups excluding tert-OH is 1. The Bertz CT molecular complexity index is 822. The van der Waals surface area contributed by atoms with Crippen molar-refractivity contribution >= 4 is 22.6 Å². The van der Waals surface area contributed by atoms with Crippen molar-refractivity contribution in [1.82, 2.24) is 9.88 Å². The molecule has 5 heteroatoms. The number of carbonyl (C=O) groups is 1. The van der Waals surface area contributed by atoms with Gasteiger partial charge in [0.05, 0.1) is 12.1 Å². The van der Waals surface area contributed by atoms with Crippen molar-refractivity contribution in [2.24, 2.45) is 5.92 Å².